The first-order valence-electron chi connectivity index (χ1n) is 12.6. The smallest absolute Gasteiger partial charge is 0.272 e. The summed E-state index contributed by atoms with van der Waals surface area (Å²) in [6, 6.07) is 3.24. The number of hydrogen-bond acceptors (Lipinski definition) is 8. The number of anilines is 1. The van der Waals surface area contributed by atoms with Crippen LogP contribution >= 0.6 is 0 Å². The Bertz CT molecular complexity index is 1330. The fourth-order valence-corrected chi connectivity index (χ4v) is 4.50. The van der Waals surface area contributed by atoms with Crippen LogP contribution in [0.3, 0.4) is 0 Å². The van der Waals surface area contributed by atoms with Crippen LogP contribution in [-0.4, -0.2) is 80.5 Å². The van der Waals surface area contributed by atoms with Gasteiger partial charge in [0.1, 0.15) is 11.5 Å². The van der Waals surface area contributed by atoms with E-state index in [4.69, 9.17) is 4.74 Å². The van der Waals surface area contributed by atoms with Crippen LogP contribution in [0.2, 0.25) is 0 Å². The standard InChI is InChI=1S/C27H28N6O5/c1-3-32-10-7-22(27(32)37)38-18-11-19(17-5-6-21(29-14-17)26(36)33-8-4-9-33)24(34)20(12-18)25(35)31-23-15-28-16(2)13-30-23/h5-6,11-15,19,22H,3-4,7-10H2,1-2H3,(H,30,31,35). The number of nitrogens with one attached hydrogen (secondary N) is 1. The van der Waals surface area contributed by atoms with E-state index in [0.29, 0.717) is 49.6 Å². The number of likely N-dealkylation sites (tertiary alicyclic amines) is 2. The van der Waals surface area contributed by atoms with Crippen LogP contribution < -0.4 is 5.32 Å². The summed E-state index contributed by atoms with van der Waals surface area (Å²) in [5.41, 5.74) is 1.33. The van der Waals surface area contributed by atoms with Gasteiger partial charge in [-0.3, -0.25) is 29.1 Å². The van der Waals surface area contributed by atoms with Crippen molar-refractivity contribution in [3.8, 4) is 0 Å². The average molecular weight is 517 g/mol. The molecule has 2 aromatic rings. The Morgan fingerprint density at radius 3 is 2.50 bits per heavy atom. The second-order valence-corrected chi connectivity index (χ2v) is 9.40. The van der Waals surface area contributed by atoms with E-state index in [9.17, 15) is 19.2 Å². The van der Waals surface area contributed by atoms with Crippen LogP contribution in [0.5, 0.6) is 0 Å². The monoisotopic (exact) mass is 516 g/mol. The molecule has 0 radical (unpaired) electrons. The minimum Gasteiger partial charge on any atom is -0.481 e. The molecule has 2 fully saturated rings. The van der Waals surface area contributed by atoms with Crippen molar-refractivity contribution >= 4 is 29.3 Å². The van der Waals surface area contributed by atoms with Crippen molar-refractivity contribution in [3.05, 3.63) is 71.2 Å². The number of carbonyl (C=O) groups is 4. The van der Waals surface area contributed by atoms with Crippen LogP contribution in [0.4, 0.5) is 5.82 Å². The number of amides is 3. The third-order valence-electron chi connectivity index (χ3n) is 6.85. The maximum atomic E-state index is 13.5. The molecular weight excluding hydrogens is 488 g/mol. The number of Topliss-reactive ketones (excluding diaryl/α,β-unsaturated/α-hetero) is 1. The summed E-state index contributed by atoms with van der Waals surface area (Å²) >= 11 is 0. The molecule has 5 rings (SSSR count). The summed E-state index contributed by atoms with van der Waals surface area (Å²) in [7, 11) is 0. The van der Waals surface area contributed by atoms with Crippen LogP contribution in [-0.2, 0) is 19.1 Å². The molecule has 11 nitrogen and oxygen atoms in total. The summed E-state index contributed by atoms with van der Waals surface area (Å²) in [5, 5.41) is 2.60. The molecule has 2 atom stereocenters. The SMILES string of the molecule is CCN1CCC(OC2=CC(c3ccc(C(=O)N4CCC4)nc3)C(=O)C(C(=O)Nc3cnc(C)cn3)=C2)C1=O. The fourth-order valence-electron chi connectivity index (χ4n) is 4.50. The Labute approximate surface area is 219 Å². The summed E-state index contributed by atoms with van der Waals surface area (Å²) in [5.74, 6) is -1.87. The Morgan fingerprint density at radius 2 is 1.89 bits per heavy atom. The maximum absolute atomic E-state index is 13.5. The van der Waals surface area contributed by atoms with E-state index in [1.165, 1.54) is 24.7 Å². The van der Waals surface area contributed by atoms with E-state index in [1.807, 2.05) is 6.92 Å². The van der Waals surface area contributed by atoms with Gasteiger partial charge in [0, 0.05) is 38.8 Å². The zero-order valence-electron chi connectivity index (χ0n) is 21.2. The summed E-state index contributed by atoms with van der Waals surface area (Å²) in [4.78, 5) is 67.7. The molecule has 11 heteroatoms. The van der Waals surface area contributed by atoms with Gasteiger partial charge in [-0.05, 0) is 44.1 Å². The van der Waals surface area contributed by atoms with Gasteiger partial charge in [0.2, 0.25) is 0 Å². The second kappa shape index (κ2) is 10.5. The second-order valence-electron chi connectivity index (χ2n) is 9.40. The lowest BCUT2D eigenvalue weighted by molar-refractivity contribution is -0.135. The molecule has 4 heterocycles. The normalized spacial score (nSPS) is 21.0. The highest BCUT2D eigenvalue weighted by Crippen LogP contribution is 2.31. The minimum atomic E-state index is -0.890. The summed E-state index contributed by atoms with van der Waals surface area (Å²) in [6.07, 6.45) is 8.09. The lowest BCUT2D eigenvalue weighted by atomic mass is 9.86. The van der Waals surface area contributed by atoms with Crippen molar-refractivity contribution < 1.29 is 23.9 Å². The van der Waals surface area contributed by atoms with Gasteiger partial charge < -0.3 is 19.9 Å². The fraction of sp³-hybridized carbons (Fsp3) is 0.370. The molecule has 1 N–H and O–H groups in total. The third kappa shape index (κ3) is 5.04. The number of aromatic nitrogens is 3. The zero-order valence-corrected chi connectivity index (χ0v) is 21.2. The molecule has 38 heavy (non-hydrogen) atoms. The van der Waals surface area contributed by atoms with Crippen molar-refractivity contribution in [2.45, 2.75) is 38.7 Å². The van der Waals surface area contributed by atoms with Gasteiger partial charge in [-0.25, -0.2) is 4.98 Å². The quantitative estimate of drug-likeness (QED) is 0.551. The Hall–Kier alpha value is -4.41. The number of ether oxygens (including phenoxy) is 1. The van der Waals surface area contributed by atoms with Gasteiger partial charge in [0.25, 0.3) is 17.7 Å². The third-order valence-corrected chi connectivity index (χ3v) is 6.85. The molecule has 2 saturated heterocycles. The van der Waals surface area contributed by atoms with Gasteiger partial charge in [0.05, 0.1) is 29.6 Å². The highest BCUT2D eigenvalue weighted by atomic mass is 16.5. The number of pyridine rings is 1. The molecule has 0 spiro atoms. The number of ketones is 1. The van der Waals surface area contributed by atoms with E-state index in [0.717, 1.165) is 6.42 Å². The van der Waals surface area contributed by atoms with E-state index in [1.54, 1.807) is 34.9 Å². The number of allylic oxidation sites excluding steroid dienone is 2. The Morgan fingerprint density at radius 1 is 1.08 bits per heavy atom. The number of aryl methyl sites for hydroxylation is 1. The van der Waals surface area contributed by atoms with Gasteiger partial charge in [-0.1, -0.05) is 6.07 Å². The van der Waals surface area contributed by atoms with E-state index < -0.39 is 23.7 Å². The van der Waals surface area contributed by atoms with Crippen LogP contribution in [0, 0.1) is 6.92 Å². The number of nitrogens with zero attached hydrogens (tertiary/aromatic N) is 5. The van der Waals surface area contributed by atoms with E-state index in [-0.39, 0.29) is 29.0 Å². The molecule has 0 aromatic carbocycles. The van der Waals surface area contributed by atoms with E-state index in [2.05, 4.69) is 20.3 Å². The summed E-state index contributed by atoms with van der Waals surface area (Å²) < 4.78 is 6.01. The molecule has 2 aliphatic heterocycles. The largest absolute Gasteiger partial charge is 0.481 e. The molecular formula is C27H28N6O5. The zero-order chi connectivity index (χ0) is 26.8. The van der Waals surface area contributed by atoms with Crippen LogP contribution in [0.1, 0.15) is 47.4 Å². The number of rotatable bonds is 7. The van der Waals surface area contributed by atoms with Gasteiger partial charge in [0.15, 0.2) is 17.7 Å². The molecule has 0 saturated carbocycles. The van der Waals surface area contributed by atoms with Crippen molar-refractivity contribution in [2.75, 3.05) is 31.5 Å². The number of likely N-dealkylation sites (N-methyl/N-ethyl adjacent to an activating group) is 1. The molecule has 2 aromatic heterocycles. The highest BCUT2D eigenvalue weighted by molar-refractivity contribution is 6.26. The topological polar surface area (TPSA) is 135 Å². The van der Waals surface area contributed by atoms with Crippen molar-refractivity contribution in [1.29, 1.82) is 0 Å². The Kier molecular flexibility index (Phi) is 6.99. The molecule has 1 aliphatic carbocycles. The molecule has 3 aliphatic rings. The van der Waals surface area contributed by atoms with Crippen molar-refractivity contribution in [2.24, 2.45) is 0 Å². The van der Waals surface area contributed by atoms with E-state index >= 15 is 0 Å². The number of hydrogen-bond donors (Lipinski definition) is 1. The van der Waals surface area contributed by atoms with Crippen molar-refractivity contribution in [1.82, 2.24) is 24.8 Å². The summed E-state index contributed by atoms with van der Waals surface area (Å²) in [6.45, 7) is 6.23. The Balaban J connectivity index is 1.42. The minimum absolute atomic E-state index is 0.133. The van der Waals surface area contributed by atoms with Gasteiger partial charge >= 0.3 is 0 Å². The molecule has 2 unspecified atom stereocenters. The van der Waals surface area contributed by atoms with Gasteiger partial charge in [-0.15, -0.1) is 0 Å². The maximum Gasteiger partial charge on any atom is 0.272 e. The lowest BCUT2D eigenvalue weighted by Crippen LogP contribution is -2.42. The van der Waals surface area contributed by atoms with Crippen LogP contribution in [0.15, 0.2) is 54.2 Å². The predicted octanol–water partition coefficient (Wildman–Crippen LogP) is 1.78. The molecule has 196 valence electrons. The predicted molar refractivity (Wildman–Crippen MR) is 136 cm³/mol. The first kappa shape index (κ1) is 25.2. The highest BCUT2D eigenvalue weighted by Gasteiger charge is 2.36. The molecule has 0 bridgehead atoms. The van der Waals surface area contributed by atoms with Crippen molar-refractivity contribution in [3.63, 3.8) is 0 Å². The molecule has 3 amide bonds. The number of carbonyl (C=O) groups excluding carboxylic acids is 4. The average Bonchev–Trinajstić information content (AvgIpc) is 3.24. The first-order chi connectivity index (χ1) is 18.3. The first-order valence-corrected chi connectivity index (χ1v) is 12.6. The van der Waals surface area contributed by atoms with Crippen LogP contribution in [0.25, 0.3) is 0 Å². The van der Waals surface area contributed by atoms with Gasteiger partial charge in [-0.2, -0.15) is 0 Å². The lowest BCUT2D eigenvalue weighted by Gasteiger charge is -2.30.